The van der Waals surface area contributed by atoms with Gasteiger partial charge in [0, 0.05) is 29.1 Å². The van der Waals surface area contributed by atoms with E-state index in [4.69, 9.17) is 5.11 Å². The Balaban J connectivity index is 1.60. The van der Waals surface area contributed by atoms with Gasteiger partial charge in [0.2, 0.25) is 5.88 Å². The summed E-state index contributed by atoms with van der Waals surface area (Å²) in [5.74, 6) is -1.69. The Morgan fingerprint density at radius 1 is 1.15 bits per heavy atom. The van der Waals surface area contributed by atoms with Gasteiger partial charge in [0.25, 0.3) is 0 Å². The van der Waals surface area contributed by atoms with Crippen molar-refractivity contribution in [2.75, 3.05) is 5.32 Å². The maximum Gasteiger partial charge on any atom is 0.339 e. The molecule has 27 heavy (non-hydrogen) atoms. The van der Waals surface area contributed by atoms with Gasteiger partial charge in [0.05, 0.1) is 10.6 Å². The number of carboxylic acids is 1. The van der Waals surface area contributed by atoms with Gasteiger partial charge in [0.15, 0.2) is 5.13 Å². The van der Waals surface area contributed by atoms with E-state index in [-0.39, 0.29) is 17.2 Å². The maximum absolute atomic E-state index is 11.0. The Bertz CT molecular complexity index is 1120. The van der Waals surface area contributed by atoms with Crippen LogP contribution in [-0.4, -0.2) is 32.5 Å². The molecule has 7 nitrogen and oxygen atoms in total. The second kappa shape index (κ2) is 6.58. The normalized spacial score (nSPS) is 13.7. The number of thiazole rings is 1. The van der Waals surface area contributed by atoms with Crippen LogP contribution in [-0.2, 0) is 0 Å². The number of aliphatic imine (C=N–C) groups is 1. The van der Waals surface area contributed by atoms with Gasteiger partial charge in [-0.1, -0.05) is 29.5 Å². The molecule has 0 radical (unpaired) electrons. The van der Waals surface area contributed by atoms with E-state index in [0.717, 1.165) is 16.8 Å². The number of aromatic nitrogens is 1. The molecule has 0 atom stereocenters. The largest absolute Gasteiger partial charge is 0.507 e. The van der Waals surface area contributed by atoms with Crippen molar-refractivity contribution >= 4 is 51.7 Å². The third-order valence-electron chi connectivity index (χ3n) is 3.96. The number of carbonyl (C=O) groups is 1. The monoisotopic (exact) mass is 379 g/mol. The number of hydrogen-bond acceptors (Lipinski definition) is 7. The molecule has 2 aromatic carbocycles. The van der Waals surface area contributed by atoms with Gasteiger partial charge in [-0.25, -0.2) is 4.79 Å². The summed E-state index contributed by atoms with van der Waals surface area (Å²) in [5.41, 5.74) is 3.00. The van der Waals surface area contributed by atoms with Crippen molar-refractivity contribution in [3.05, 3.63) is 58.5 Å². The van der Waals surface area contributed by atoms with Crippen molar-refractivity contribution in [2.24, 2.45) is 4.99 Å². The number of carboxylic acid groups (broad SMARTS) is 1. The third-order valence-corrected chi connectivity index (χ3v) is 4.87. The van der Waals surface area contributed by atoms with Crippen molar-refractivity contribution in [3.8, 4) is 11.6 Å². The van der Waals surface area contributed by atoms with E-state index in [2.05, 4.69) is 15.3 Å². The molecule has 0 spiro atoms. The number of phenols is 1. The van der Waals surface area contributed by atoms with E-state index < -0.39 is 5.97 Å². The molecule has 0 saturated heterocycles. The molecule has 2 heterocycles. The van der Waals surface area contributed by atoms with Crippen LogP contribution in [0.5, 0.6) is 11.6 Å². The van der Waals surface area contributed by atoms with Gasteiger partial charge in [-0.3, -0.25) is 4.99 Å². The third kappa shape index (κ3) is 3.25. The fourth-order valence-electron chi connectivity index (χ4n) is 2.68. The molecule has 3 aromatic rings. The molecular weight excluding hydrogens is 366 g/mol. The van der Waals surface area contributed by atoms with E-state index in [9.17, 15) is 15.0 Å². The lowest BCUT2D eigenvalue weighted by atomic mass is 10.1. The Morgan fingerprint density at radius 2 is 1.96 bits per heavy atom. The number of allylic oxidation sites excluding steroid dienone is 1. The summed E-state index contributed by atoms with van der Waals surface area (Å²) in [4.78, 5) is 19.9. The van der Waals surface area contributed by atoms with Crippen LogP contribution in [0.1, 0.15) is 20.8 Å². The number of aromatic carboxylic acids is 1. The second-order valence-electron chi connectivity index (χ2n) is 5.74. The van der Waals surface area contributed by atoms with Gasteiger partial charge < -0.3 is 20.6 Å². The number of nitrogens with one attached hydrogen (secondary N) is 1. The Hall–Kier alpha value is -3.65. The van der Waals surface area contributed by atoms with E-state index in [1.165, 1.54) is 29.5 Å². The lowest BCUT2D eigenvalue weighted by Crippen LogP contribution is -1.97. The summed E-state index contributed by atoms with van der Waals surface area (Å²) in [6.45, 7) is 0. The van der Waals surface area contributed by atoms with Crippen LogP contribution in [0, 0.1) is 0 Å². The van der Waals surface area contributed by atoms with Crippen LogP contribution in [0.2, 0.25) is 0 Å². The summed E-state index contributed by atoms with van der Waals surface area (Å²) in [5, 5.41) is 32.2. The summed E-state index contributed by atoms with van der Waals surface area (Å²) >= 11 is 1.22. The first-order chi connectivity index (χ1) is 13.0. The first kappa shape index (κ1) is 16.8. The highest BCUT2D eigenvalue weighted by molar-refractivity contribution is 7.16. The van der Waals surface area contributed by atoms with Gasteiger partial charge in [-0.15, -0.1) is 0 Å². The minimum absolute atomic E-state index is 0.126. The highest BCUT2D eigenvalue weighted by Crippen LogP contribution is 2.37. The van der Waals surface area contributed by atoms with Crippen molar-refractivity contribution in [1.82, 2.24) is 4.98 Å². The number of rotatable bonds is 4. The Kier molecular flexibility index (Phi) is 4.09. The van der Waals surface area contributed by atoms with E-state index >= 15 is 0 Å². The van der Waals surface area contributed by atoms with Crippen LogP contribution in [0.4, 0.5) is 16.5 Å². The molecule has 1 aromatic heterocycles. The molecule has 0 bridgehead atoms. The minimum atomic E-state index is -1.21. The van der Waals surface area contributed by atoms with Gasteiger partial charge in [-0.05, 0) is 24.3 Å². The highest BCUT2D eigenvalue weighted by atomic mass is 32.1. The fourth-order valence-corrected chi connectivity index (χ4v) is 3.51. The quantitative estimate of drug-likeness (QED) is 0.539. The lowest BCUT2D eigenvalue weighted by molar-refractivity contribution is 0.0694. The zero-order valence-corrected chi connectivity index (χ0v) is 14.6. The summed E-state index contributed by atoms with van der Waals surface area (Å²) in [6.07, 6.45) is 3.54. The predicted octanol–water partition coefficient (Wildman–Crippen LogP) is 4.25. The van der Waals surface area contributed by atoms with Gasteiger partial charge in [-0.2, -0.15) is 4.98 Å². The van der Waals surface area contributed by atoms with Gasteiger partial charge >= 0.3 is 5.97 Å². The average molecular weight is 379 g/mol. The molecule has 1 aliphatic heterocycles. The fraction of sp³-hybridized carbons (Fsp3) is 0. The van der Waals surface area contributed by atoms with Crippen LogP contribution in [0.25, 0.3) is 11.6 Å². The molecule has 8 heteroatoms. The molecule has 0 aliphatic carbocycles. The van der Waals surface area contributed by atoms with Crippen LogP contribution < -0.4 is 5.32 Å². The van der Waals surface area contributed by atoms with Gasteiger partial charge in [0.1, 0.15) is 11.3 Å². The maximum atomic E-state index is 11.0. The number of nitrogens with zero attached hydrogens (tertiary/aromatic N) is 2. The first-order valence-electron chi connectivity index (χ1n) is 7.89. The first-order valence-corrected chi connectivity index (χ1v) is 8.71. The molecule has 0 amide bonds. The smallest absolute Gasteiger partial charge is 0.339 e. The molecule has 4 N–H and O–H groups in total. The number of hydrogen-bond donors (Lipinski definition) is 4. The molecular formula is C19H13N3O4S. The SMILES string of the molecule is O=C(O)c1ccc(Nc2nc(O)c(/C=C3/C=Nc4ccccc43)s2)cc1O. The minimum Gasteiger partial charge on any atom is -0.507 e. The lowest BCUT2D eigenvalue weighted by Gasteiger charge is -2.04. The number of para-hydroxylation sites is 1. The molecule has 1 aliphatic rings. The standard InChI is InChI=1S/C19H13N3O4S/c23-15-8-11(5-6-13(15)18(25)26)21-19-22-17(24)16(27-19)7-10-9-20-14-4-2-1-3-12(10)14/h1-9,23-24H,(H,21,22)(H,25,26)/b10-7-. The zero-order valence-electron chi connectivity index (χ0n) is 13.7. The Morgan fingerprint density at radius 3 is 2.74 bits per heavy atom. The van der Waals surface area contributed by atoms with Crippen molar-refractivity contribution < 1.29 is 20.1 Å². The van der Waals surface area contributed by atoms with Crippen LogP contribution in [0.3, 0.4) is 0 Å². The van der Waals surface area contributed by atoms with Crippen molar-refractivity contribution in [1.29, 1.82) is 0 Å². The summed E-state index contributed by atoms with van der Waals surface area (Å²) < 4.78 is 0. The topological polar surface area (TPSA) is 115 Å². The molecule has 134 valence electrons. The summed E-state index contributed by atoms with van der Waals surface area (Å²) in [7, 11) is 0. The summed E-state index contributed by atoms with van der Waals surface area (Å²) in [6, 6.07) is 11.8. The predicted molar refractivity (Wildman–Crippen MR) is 105 cm³/mol. The van der Waals surface area contributed by atoms with Crippen molar-refractivity contribution in [3.63, 3.8) is 0 Å². The van der Waals surface area contributed by atoms with Crippen molar-refractivity contribution in [2.45, 2.75) is 0 Å². The molecule has 0 fully saturated rings. The second-order valence-corrected chi connectivity index (χ2v) is 6.77. The molecule has 0 unspecified atom stereocenters. The number of aromatic hydroxyl groups is 2. The zero-order chi connectivity index (χ0) is 19.0. The Labute approximate surface area is 157 Å². The highest BCUT2D eigenvalue weighted by Gasteiger charge is 2.15. The van der Waals surface area contributed by atoms with Crippen LogP contribution in [0.15, 0.2) is 47.5 Å². The van der Waals surface area contributed by atoms with E-state index in [0.29, 0.717) is 15.7 Å². The number of fused-ring (bicyclic) bond motifs is 1. The van der Waals surface area contributed by atoms with E-state index in [1.54, 1.807) is 12.3 Å². The number of anilines is 2. The average Bonchev–Trinajstić information content (AvgIpc) is 3.19. The number of benzene rings is 2. The molecule has 4 rings (SSSR count). The molecule has 0 saturated carbocycles. The van der Waals surface area contributed by atoms with Crippen LogP contribution >= 0.6 is 11.3 Å². The van der Waals surface area contributed by atoms with E-state index in [1.807, 2.05) is 24.3 Å².